The molecule has 0 spiro atoms. The number of alkyl halides is 2. The van der Waals surface area contributed by atoms with Crippen LogP contribution in [0.15, 0.2) is 41.8 Å². The SMILES string of the molecule is CC1(C(=O)N2CCC(O)(CC3CC=NN3c3ccc(-c4cnn(C(F)F)c4)cc3)CC2)CC1. The van der Waals surface area contributed by atoms with Crippen LogP contribution in [0, 0.1) is 5.41 Å². The molecule has 33 heavy (non-hydrogen) atoms. The minimum atomic E-state index is -2.66. The van der Waals surface area contributed by atoms with Crippen LogP contribution in [0.1, 0.15) is 52.0 Å². The van der Waals surface area contributed by atoms with Gasteiger partial charge in [-0.05, 0) is 49.8 Å². The second kappa shape index (κ2) is 8.20. The molecular weight excluding hydrogens is 428 g/mol. The van der Waals surface area contributed by atoms with Crippen LogP contribution in [-0.4, -0.2) is 56.6 Å². The predicted octanol–water partition coefficient (Wildman–Crippen LogP) is 4.05. The Bertz CT molecular complexity index is 1040. The van der Waals surface area contributed by atoms with E-state index in [2.05, 4.69) is 10.2 Å². The minimum absolute atomic E-state index is 0.0330. The number of piperidine rings is 1. The van der Waals surface area contributed by atoms with Gasteiger partial charge < -0.3 is 10.0 Å². The second-order valence-corrected chi connectivity index (χ2v) is 9.85. The van der Waals surface area contributed by atoms with E-state index in [0.29, 0.717) is 42.6 Å². The van der Waals surface area contributed by atoms with E-state index in [1.54, 1.807) is 0 Å². The first-order chi connectivity index (χ1) is 15.8. The van der Waals surface area contributed by atoms with Gasteiger partial charge in [0, 0.05) is 42.9 Å². The summed E-state index contributed by atoms with van der Waals surface area (Å²) in [6, 6.07) is 7.58. The summed E-state index contributed by atoms with van der Waals surface area (Å²) in [5.41, 5.74) is 1.32. The van der Waals surface area contributed by atoms with E-state index in [4.69, 9.17) is 0 Å². The standard InChI is InChI=1S/C24H29F2N5O2/c1-23(7-8-23)21(32)29-12-9-24(33,10-13-29)14-20-6-11-27-31(20)19-4-2-17(3-5-19)18-15-28-30(16-18)22(25)26/h2-5,11,15-16,20,22,33H,6-10,12-14H2,1H3. The van der Waals surface area contributed by atoms with Crippen LogP contribution in [0.3, 0.4) is 0 Å². The third kappa shape index (κ3) is 4.38. The Morgan fingerprint density at radius 1 is 1.15 bits per heavy atom. The van der Waals surface area contributed by atoms with Crippen LogP contribution in [-0.2, 0) is 4.79 Å². The van der Waals surface area contributed by atoms with Crippen molar-refractivity contribution >= 4 is 17.8 Å². The first-order valence-corrected chi connectivity index (χ1v) is 11.5. The minimum Gasteiger partial charge on any atom is -0.390 e. The van der Waals surface area contributed by atoms with Gasteiger partial charge in [-0.15, -0.1) is 0 Å². The summed E-state index contributed by atoms with van der Waals surface area (Å²) in [6.45, 7) is 0.559. The lowest BCUT2D eigenvalue weighted by molar-refractivity contribution is -0.140. The fraction of sp³-hybridized carbons (Fsp3) is 0.542. The first kappa shape index (κ1) is 22.0. The van der Waals surface area contributed by atoms with Crippen molar-refractivity contribution in [2.45, 2.75) is 63.6 Å². The highest BCUT2D eigenvalue weighted by Crippen LogP contribution is 2.47. The molecule has 1 aromatic carbocycles. The number of halogens is 2. The molecule has 1 aliphatic carbocycles. The highest BCUT2D eigenvalue weighted by molar-refractivity contribution is 5.85. The van der Waals surface area contributed by atoms with Gasteiger partial charge in [-0.1, -0.05) is 19.1 Å². The normalized spacial score (nSPS) is 23.4. The highest BCUT2D eigenvalue weighted by Gasteiger charge is 2.48. The lowest BCUT2D eigenvalue weighted by atomic mass is 9.84. The third-order valence-electron chi connectivity index (χ3n) is 7.31. The van der Waals surface area contributed by atoms with E-state index in [1.165, 1.54) is 12.4 Å². The summed E-state index contributed by atoms with van der Waals surface area (Å²) in [7, 11) is 0. The average Bonchev–Trinajstić information content (AvgIpc) is 3.18. The summed E-state index contributed by atoms with van der Waals surface area (Å²) in [6.07, 6.45) is 9.02. The molecule has 1 saturated carbocycles. The van der Waals surface area contributed by atoms with Gasteiger partial charge in [-0.2, -0.15) is 19.0 Å². The molecule has 9 heteroatoms. The molecule has 2 aromatic rings. The van der Waals surface area contributed by atoms with Crippen LogP contribution >= 0.6 is 0 Å². The lowest BCUT2D eigenvalue weighted by Crippen LogP contribution is -2.50. The number of hydrogen-bond donors (Lipinski definition) is 1. The van der Waals surface area contributed by atoms with E-state index in [0.717, 1.165) is 30.5 Å². The fourth-order valence-corrected chi connectivity index (χ4v) is 4.85. The summed E-state index contributed by atoms with van der Waals surface area (Å²) >= 11 is 0. The number of anilines is 1. The smallest absolute Gasteiger partial charge is 0.333 e. The lowest BCUT2D eigenvalue weighted by Gasteiger charge is -2.41. The van der Waals surface area contributed by atoms with E-state index < -0.39 is 12.2 Å². The molecular formula is C24H29F2N5O2. The number of carbonyl (C=O) groups is 1. The van der Waals surface area contributed by atoms with Gasteiger partial charge >= 0.3 is 6.55 Å². The van der Waals surface area contributed by atoms with Crippen molar-refractivity contribution in [2.75, 3.05) is 18.1 Å². The molecule has 2 fully saturated rings. The number of benzene rings is 1. The van der Waals surface area contributed by atoms with Gasteiger partial charge in [-0.25, -0.2) is 4.68 Å². The maximum atomic E-state index is 12.8. The Morgan fingerprint density at radius 3 is 2.45 bits per heavy atom. The Hall–Kier alpha value is -2.81. The Balaban J connectivity index is 1.22. The molecule has 0 radical (unpaired) electrons. The van der Waals surface area contributed by atoms with Crippen molar-refractivity contribution in [1.29, 1.82) is 0 Å². The molecule has 1 aromatic heterocycles. The molecule has 1 atom stereocenters. The largest absolute Gasteiger partial charge is 0.390 e. The van der Waals surface area contributed by atoms with Crippen molar-refractivity contribution in [1.82, 2.24) is 14.7 Å². The fourth-order valence-electron chi connectivity index (χ4n) is 4.85. The molecule has 1 amide bonds. The molecule has 176 valence electrons. The number of aliphatic hydroxyl groups is 1. The maximum absolute atomic E-state index is 12.8. The highest BCUT2D eigenvalue weighted by atomic mass is 19.3. The summed E-state index contributed by atoms with van der Waals surface area (Å²) in [5, 5.41) is 21.4. The van der Waals surface area contributed by atoms with Crippen molar-refractivity contribution < 1.29 is 18.7 Å². The van der Waals surface area contributed by atoms with Crippen molar-refractivity contribution in [3.8, 4) is 11.1 Å². The Labute approximate surface area is 191 Å². The topological polar surface area (TPSA) is 74.0 Å². The average molecular weight is 458 g/mol. The van der Waals surface area contributed by atoms with E-state index in [9.17, 15) is 18.7 Å². The van der Waals surface area contributed by atoms with E-state index in [1.807, 2.05) is 47.3 Å². The van der Waals surface area contributed by atoms with Crippen LogP contribution in [0.2, 0.25) is 0 Å². The van der Waals surface area contributed by atoms with Crippen molar-refractivity contribution in [2.24, 2.45) is 10.5 Å². The molecule has 1 unspecified atom stereocenters. The van der Waals surface area contributed by atoms with Crippen LogP contribution in [0.5, 0.6) is 0 Å². The Kier molecular flexibility index (Phi) is 5.47. The van der Waals surface area contributed by atoms with Gasteiger partial charge in [0.25, 0.3) is 0 Å². The third-order valence-corrected chi connectivity index (χ3v) is 7.31. The summed E-state index contributed by atoms with van der Waals surface area (Å²) in [4.78, 5) is 14.5. The monoisotopic (exact) mass is 457 g/mol. The molecule has 3 aliphatic rings. The number of nitrogens with zero attached hydrogens (tertiary/aromatic N) is 5. The number of hydrazone groups is 1. The molecule has 2 aliphatic heterocycles. The molecule has 1 N–H and O–H groups in total. The molecule has 0 bridgehead atoms. The summed E-state index contributed by atoms with van der Waals surface area (Å²) < 4.78 is 26.2. The van der Waals surface area contributed by atoms with Gasteiger partial charge in [0.15, 0.2) is 0 Å². The van der Waals surface area contributed by atoms with Crippen LogP contribution in [0.25, 0.3) is 11.1 Å². The molecule has 1 saturated heterocycles. The number of carbonyl (C=O) groups excluding carboxylic acids is 1. The summed E-state index contributed by atoms with van der Waals surface area (Å²) in [5.74, 6) is 0.231. The van der Waals surface area contributed by atoms with Gasteiger partial charge in [0.05, 0.1) is 23.5 Å². The quantitative estimate of drug-likeness (QED) is 0.710. The zero-order chi connectivity index (χ0) is 23.2. The first-order valence-electron chi connectivity index (χ1n) is 11.5. The zero-order valence-corrected chi connectivity index (χ0v) is 18.7. The van der Waals surface area contributed by atoms with Gasteiger partial charge in [0.2, 0.25) is 5.91 Å². The van der Waals surface area contributed by atoms with Crippen LogP contribution < -0.4 is 5.01 Å². The molecule has 7 nitrogen and oxygen atoms in total. The van der Waals surface area contributed by atoms with Gasteiger partial charge in [-0.3, -0.25) is 9.80 Å². The van der Waals surface area contributed by atoms with Crippen molar-refractivity contribution in [3.05, 3.63) is 36.7 Å². The number of hydrogen-bond acceptors (Lipinski definition) is 5. The maximum Gasteiger partial charge on any atom is 0.333 e. The van der Waals surface area contributed by atoms with E-state index >= 15 is 0 Å². The zero-order valence-electron chi connectivity index (χ0n) is 18.7. The van der Waals surface area contributed by atoms with Crippen LogP contribution in [0.4, 0.5) is 14.5 Å². The molecule has 3 heterocycles. The number of likely N-dealkylation sites (tertiary alicyclic amines) is 1. The Morgan fingerprint density at radius 2 is 1.85 bits per heavy atom. The second-order valence-electron chi connectivity index (χ2n) is 9.85. The molecule has 5 rings (SSSR count). The number of aromatic nitrogens is 2. The van der Waals surface area contributed by atoms with E-state index in [-0.39, 0.29) is 17.4 Å². The van der Waals surface area contributed by atoms with Gasteiger partial charge in [0.1, 0.15) is 0 Å². The number of amides is 1. The van der Waals surface area contributed by atoms with Crippen molar-refractivity contribution in [3.63, 3.8) is 0 Å². The predicted molar refractivity (Wildman–Crippen MR) is 121 cm³/mol. The number of rotatable bonds is 6.